The zero-order valence-corrected chi connectivity index (χ0v) is 8.48. The van der Waals surface area contributed by atoms with E-state index in [1.165, 1.54) is 5.56 Å². The van der Waals surface area contributed by atoms with Gasteiger partial charge in [0.25, 0.3) is 0 Å². The van der Waals surface area contributed by atoms with Gasteiger partial charge in [0.05, 0.1) is 18.1 Å². The smallest absolute Gasteiger partial charge is 0.0697 e. The van der Waals surface area contributed by atoms with Gasteiger partial charge in [0.2, 0.25) is 0 Å². The van der Waals surface area contributed by atoms with Crippen LogP contribution >= 0.6 is 15.9 Å². The summed E-state index contributed by atoms with van der Waals surface area (Å²) in [6.45, 7) is 0. The second-order valence-electron chi connectivity index (χ2n) is 2.65. The topological polar surface area (TPSA) is 30.7 Å². The summed E-state index contributed by atoms with van der Waals surface area (Å²) in [6, 6.07) is 8.16. The van der Waals surface area contributed by atoms with Crippen LogP contribution in [0, 0.1) is 0 Å². The molecule has 0 aliphatic rings. The molecule has 0 amide bonds. The van der Waals surface area contributed by atoms with Crippen LogP contribution in [-0.2, 0) is 5.33 Å². The Labute approximate surface area is 84.5 Å². The molecule has 13 heavy (non-hydrogen) atoms. The van der Waals surface area contributed by atoms with Crippen molar-refractivity contribution >= 4 is 15.9 Å². The van der Waals surface area contributed by atoms with E-state index in [0.717, 1.165) is 11.0 Å². The quantitative estimate of drug-likeness (QED) is 0.750. The van der Waals surface area contributed by atoms with Gasteiger partial charge in [0.15, 0.2) is 0 Å². The van der Waals surface area contributed by atoms with Gasteiger partial charge < -0.3 is 0 Å². The fourth-order valence-electron chi connectivity index (χ4n) is 1.08. The summed E-state index contributed by atoms with van der Waals surface area (Å²) >= 11 is 3.40. The summed E-state index contributed by atoms with van der Waals surface area (Å²) < 4.78 is 1.73. The minimum absolute atomic E-state index is 0.880. The van der Waals surface area contributed by atoms with Crippen molar-refractivity contribution in [3.05, 3.63) is 42.2 Å². The minimum atomic E-state index is 0.880. The Hall–Kier alpha value is -1.16. The first-order valence-corrected chi connectivity index (χ1v) is 5.04. The number of nitrogens with zero attached hydrogens (tertiary/aromatic N) is 3. The summed E-state index contributed by atoms with van der Waals surface area (Å²) in [6.07, 6.45) is 3.49. The second kappa shape index (κ2) is 3.70. The number of halogens is 1. The maximum atomic E-state index is 3.90. The van der Waals surface area contributed by atoms with Crippen LogP contribution in [0.15, 0.2) is 36.7 Å². The molecule has 0 N–H and O–H groups in total. The molecule has 0 unspecified atom stereocenters. The molecule has 1 aromatic heterocycles. The van der Waals surface area contributed by atoms with Crippen LogP contribution in [-0.4, -0.2) is 15.0 Å². The maximum Gasteiger partial charge on any atom is 0.0697 e. The minimum Gasteiger partial charge on any atom is -0.221 e. The number of hydrogen-bond acceptors (Lipinski definition) is 2. The molecule has 0 fully saturated rings. The molecule has 2 rings (SSSR count). The lowest BCUT2D eigenvalue weighted by Gasteiger charge is -2.00. The molecule has 0 spiro atoms. The fourth-order valence-corrected chi connectivity index (χ4v) is 1.46. The fraction of sp³-hybridized carbons (Fsp3) is 0.111. The summed E-state index contributed by atoms with van der Waals surface area (Å²) in [5, 5.41) is 8.52. The summed E-state index contributed by atoms with van der Waals surface area (Å²) in [4.78, 5) is 0. The Balaban J connectivity index is 2.33. The molecule has 0 saturated carbocycles. The monoisotopic (exact) mass is 237 g/mol. The highest BCUT2D eigenvalue weighted by atomic mass is 79.9. The van der Waals surface area contributed by atoms with Crippen molar-refractivity contribution in [2.75, 3.05) is 0 Å². The van der Waals surface area contributed by atoms with Crippen molar-refractivity contribution in [2.45, 2.75) is 5.33 Å². The van der Waals surface area contributed by atoms with Crippen LogP contribution in [0.1, 0.15) is 5.56 Å². The zero-order valence-electron chi connectivity index (χ0n) is 6.89. The predicted octanol–water partition coefficient (Wildman–Crippen LogP) is 2.16. The Kier molecular flexibility index (Phi) is 2.40. The largest absolute Gasteiger partial charge is 0.221 e. The Morgan fingerprint density at radius 2 is 2.00 bits per heavy atom. The molecule has 4 heteroatoms. The Morgan fingerprint density at radius 1 is 1.23 bits per heavy atom. The molecule has 2 aromatic rings. The highest BCUT2D eigenvalue weighted by Crippen LogP contribution is 2.10. The van der Waals surface area contributed by atoms with Gasteiger partial charge in [-0.15, -0.1) is 5.10 Å². The lowest BCUT2D eigenvalue weighted by atomic mass is 10.2. The first-order chi connectivity index (χ1) is 6.40. The predicted molar refractivity (Wildman–Crippen MR) is 54.0 cm³/mol. The Bertz CT molecular complexity index is 366. The third-order valence-electron chi connectivity index (χ3n) is 1.78. The molecule has 0 saturated heterocycles. The molecule has 66 valence electrons. The molecule has 0 bridgehead atoms. The van der Waals surface area contributed by atoms with Crippen molar-refractivity contribution in [1.82, 2.24) is 15.0 Å². The van der Waals surface area contributed by atoms with Crippen LogP contribution in [0.5, 0.6) is 0 Å². The first-order valence-electron chi connectivity index (χ1n) is 3.92. The van der Waals surface area contributed by atoms with Crippen LogP contribution in [0.2, 0.25) is 0 Å². The van der Waals surface area contributed by atoms with Gasteiger partial charge in [-0.05, 0) is 17.7 Å². The summed E-state index contributed by atoms with van der Waals surface area (Å²) in [7, 11) is 0. The number of hydrogen-bond donors (Lipinski definition) is 0. The van der Waals surface area contributed by atoms with E-state index in [-0.39, 0.29) is 0 Å². The van der Waals surface area contributed by atoms with Crippen LogP contribution in [0.4, 0.5) is 0 Å². The summed E-state index contributed by atoms with van der Waals surface area (Å²) in [5.41, 5.74) is 2.28. The maximum absolute atomic E-state index is 3.90. The van der Waals surface area contributed by atoms with Gasteiger partial charge in [-0.1, -0.05) is 33.3 Å². The molecular weight excluding hydrogens is 230 g/mol. The molecule has 1 aromatic carbocycles. The van der Waals surface area contributed by atoms with Crippen LogP contribution in [0.3, 0.4) is 0 Å². The first kappa shape index (κ1) is 8.44. The van der Waals surface area contributed by atoms with E-state index >= 15 is 0 Å². The Morgan fingerprint density at radius 3 is 2.54 bits per heavy atom. The highest BCUT2D eigenvalue weighted by Gasteiger charge is 1.95. The van der Waals surface area contributed by atoms with Crippen molar-refractivity contribution in [2.24, 2.45) is 0 Å². The van der Waals surface area contributed by atoms with Gasteiger partial charge >= 0.3 is 0 Å². The zero-order chi connectivity index (χ0) is 9.10. The van der Waals surface area contributed by atoms with Gasteiger partial charge in [-0.25, -0.2) is 4.68 Å². The second-order valence-corrected chi connectivity index (χ2v) is 3.21. The van der Waals surface area contributed by atoms with Gasteiger partial charge in [-0.2, -0.15) is 0 Å². The average molecular weight is 238 g/mol. The summed E-state index contributed by atoms with van der Waals surface area (Å²) in [5.74, 6) is 0. The van der Waals surface area contributed by atoms with E-state index in [4.69, 9.17) is 0 Å². The molecular formula is C9H8BrN3. The van der Waals surface area contributed by atoms with Gasteiger partial charge in [0, 0.05) is 5.33 Å². The molecule has 0 atom stereocenters. The SMILES string of the molecule is BrCc1ccc(-n2ccnn2)cc1. The lowest BCUT2D eigenvalue weighted by molar-refractivity contribution is 0.803. The highest BCUT2D eigenvalue weighted by molar-refractivity contribution is 9.08. The van der Waals surface area contributed by atoms with Crippen LogP contribution in [0.25, 0.3) is 5.69 Å². The number of aromatic nitrogens is 3. The normalized spacial score (nSPS) is 10.2. The molecule has 0 aliphatic heterocycles. The van der Waals surface area contributed by atoms with Crippen LogP contribution < -0.4 is 0 Å². The van der Waals surface area contributed by atoms with Crippen molar-refractivity contribution < 1.29 is 0 Å². The number of alkyl halides is 1. The van der Waals surface area contributed by atoms with E-state index in [1.54, 1.807) is 10.9 Å². The molecule has 0 radical (unpaired) electrons. The van der Waals surface area contributed by atoms with E-state index in [0.29, 0.717) is 0 Å². The molecule has 3 nitrogen and oxygen atoms in total. The van der Waals surface area contributed by atoms with E-state index in [2.05, 4.69) is 38.4 Å². The third kappa shape index (κ3) is 1.78. The lowest BCUT2D eigenvalue weighted by Crippen LogP contribution is -1.94. The number of benzene rings is 1. The van der Waals surface area contributed by atoms with Crippen molar-refractivity contribution in [1.29, 1.82) is 0 Å². The molecule has 1 heterocycles. The van der Waals surface area contributed by atoms with Gasteiger partial charge in [0.1, 0.15) is 0 Å². The van der Waals surface area contributed by atoms with Gasteiger partial charge in [-0.3, -0.25) is 0 Å². The van der Waals surface area contributed by atoms with Crippen molar-refractivity contribution in [3.63, 3.8) is 0 Å². The standard InChI is InChI=1S/C9H8BrN3/c10-7-8-1-3-9(4-2-8)13-6-5-11-12-13/h1-6H,7H2. The van der Waals surface area contributed by atoms with E-state index in [1.807, 2.05) is 18.3 Å². The van der Waals surface area contributed by atoms with Crippen molar-refractivity contribution in [3.8, 4) is 5.69 Å². The third-order valence-corrected chi connectivity index (χ3v) is 2.43. The average Bonchev–Trinajstić information content (AvgIpc) is 2.71. The molecule has 0 aliphatic carbocycles. The number of rotatable bonds is 2. The van der Waals surface area contributed by atoms with E-state index < -0.39 is 0 Å². The van der Waals surface area contributed by atoms with E-state index in [9.17, 15) is 0 Å².